The number of benzene rings is 5. The summed E-state index contributed by atoms with van der Waals surface area (Å²) in [7, 11) is 0. The second-order valence-corrected chi connectivity index (χ2v) is 16.1. The zero-order chi connectivity index (χ0) is 40.6. The van der Waals surface area contributed by atoms with Crippen LogP contribution in [0.25, 0.3) is 49.9 Å². The fraction of sp³-hybridized carbons (Fsp3) is 0.245. The molecule has 0 saturated carbocycles. The van der Waals surface area contributed by atoms with Gasteiger partial charge in [0.25, 0.3) is 0 Å². The molecule has 0 bridgehead atoms. The van der Waals surface area contributed by atoms with E-state index in [0.29, 0.717) is 11.5 Å². The van der Waals surface area contributed by atoms with E-state index in [1.165, 1.54) is 49.4 Å². The summed E-state index contributed by atoms with van der Waals surface area (Å²) < 4.78 is 33.2. The van der Waals surface area contributed by atoms with Crippen molar-refractivity contribution in [3.8, 4) is 39.6 Å². The average Bonchev–Trinajstić information content (AvgIpc) is 3.75. The summed E-state index contributed by atoms with van der Waals surface area (Å²) in [5, 5.41) is 2.25. The molecule has 0 amide bonds. The first-order valence-corrected chi connectivity index (χ1v) is 18.7. The van der Waals surface area contributed by atoms with E-state index in [0.717, 1.165) is 50.0 Å². The second-order valence-electron chi connectivity index (χ2n) is 16.1. The van der Waals surface area contributed by atoms with E-state index in [-0.39, 0.29) is 12.1 Å². The van der Waals surface area contributed by atoms with E-state index >= 15 is 0 Å². The van der Waals surface area contributed by atoms with Crippen LogP contribution in [0.4, 0.5) is 5.69 Å². The number of ether oxygens (including phenoxy) is 1. The molecule has 0 aliphatic carbocycles. The lowest BCUT2D eigenvalue weighted by molar-refractivity contribution is 0.481. The Bertz CT molecular complexity index is 2710. The molecule has 1 aliphatic heterocycles. The van der Waals surface area contributed by atoms with Crippen molar-refractivity contribution in [1.82, 2.24) is 14.5 Å². The molecule has 0 N–H and O–H groups in total. The van der Waals surface area contributed by atoms with Crippen molar-refractivity contribution in [2.24, 2.45) is 0 Å². The Labute approximate surface area is 324 Å². The molecule has 0 atom stereocenters. The molecule has 0 spiro atoms. The van der Waals surface area contributed by atoms with E-state index in [4.69, 9.17) is 13.8 Å². The number of rotatable bonds is 6. The summed E-state index contributed by atoms with van der Waals surface area (Å²) in [5.41, 5.74) is 15.9. The van der Waals surface area contributed by atoms with E-state index in [9.17, 15) is 0 Å². The number of hydrogen-bond acceptors (Lipinski definition) is 4. The van der Waals surface area contributed by atoms with Crippen molar-refractivity contribution < 1.29 is 8.85 Å². The Hall–Kier alpha value is -5.81. The molecule has 0 unspecified atom stereocenters. The van der Waals surface area contributed by atoms with Crippen LogP contribution in [0.2, 0.25) is 0 Å². The number of nitrogens with zero attached hydrogens (tertiary/aromatic N) is 4. The number of aromatic nitrogens is 2. The molecule has 54 heavy (non-hydrogen) atoms. The Morgan fingerprint density at radius 1 is 0.685 bits per heavy atom. The number of pyridine rings is 1. The molecule has 0 radical (unpaired) electrons. The molecule has 2 aromatic heterocycles. The van der Waals surface area contributed by atoms with Crippen molar-refractivity contribution in [2.45, 2.75) is 67.7 Å². The van der Waals surface area contributed by atoms with Gasteiger partial charge in [-0.15, -0.1) is 0 Å². The van der Waals surface area contributed by atoms with Crippen LogP contribution in [-0.4, -0.2) is 28.1 Å². The predicted molar refractivity (Wildman–Crippen MR) is 227 cm³/mol. The summed E-state index contributed by atoms with van der Waals surface area (Å²) >= 11 is 0. The van der Waals surface area contributed by atoms with E-state index in [1.54, 1.807) is 6.20 Å². The Morgan fingerprint density at radius 3 is 2.06 bits per heavy atom. The smallest absolute Gasteiger partial charge is 0.137 e. The minimum Gasteiger partial charge on any atom is -0.457 e. The van der Waals surface area contributed by atoms with Crippen LogP contribution in [-0.2, 0) is 5.41 Å². The standard InChI is InChI=1S/C49H50N4O/c1-30-20-32(3)46(33(4)21-30)36-24-38(52-19-18-51(10)29-52)27-40(25-36)54-39-14-15-41-42-12-11-13-43(47-34(5)22-31(2)23-35(47)6)48(42)53(44(41)28-39)45-26-37(16-17-50-45)49(7,8)9/h11-28H,29H2,1-10H3/i10D3. The Kier molecular flexibility index (Phi) is 7.77. The maximum Gasteiger partial charge on any atom is 0.137 e. The third kappa shape index (κ3) is 6.32. The van der Waals surface area contributed by atoms with Gasteiger partial charge in [-0.3, -0.25) is 4.57 Å². The molecule has 5 heteroatoms. The SMILES string of the molecule is [2H]C([2H])([2H])N1C=CN(c2cc(Oc3ccc4c5cccc(-c6c(C)cc(C)cc6C)c5n(-c5cc(C(C)(C)C)ccn5)c4c3)cc(-c3c(C)cc(C)cc3C)c2)C1. The van der Waals surface area contributed by atoms with Gasteiger partial charge in [-0.25, -0.2) is 4.98 Å². The van der Waals surface area contributed by atoms with Gasteiger partial charge in [-0.1, -0.05) is 74.4 Å². The molecule has 1 aliphatic rings. The number of aryl methyl sites for hydroxylation is 6. The fourth-order valence-corrected chi connectivity index (χ4v) is 8.47. The molecule has 5 nitrogen and oxygen atoms in total. The molecular weight excluding hydrogens is 661 g/mol. The molecule has 0 fully saturated rings. The summed E-state index contributed by atoms with van der Waals surface area (Å²) in [6.45, 7) is 17.6. The highest BCUT2D eigenvalue weighted by molar-refractivity contribution is 6.14. The molecular formula is C49H50N4O. The quantitative estimate of drug-likeness (QED) is 0.172. The molecule has 8 rings (SSSR count). The normalized spacial score (nSPS) is 14.2. The molecule has 7 aromatic rings. The Balaban J connectivity index is 1.33. The Morgan fingerprint density at radius 2 is 1.39 bits per heavy atom. The largest absolute Gasteiger partial charge is 0.457 e. The topological polar surface area (TPSA) is 33.5 Å². The molecule has 3 heterocycles. The highest BCUT2D eigenvalue weighted by Crippen LogP contribution is 2.43. The lowest BCUT2D eigenvalue weighted by Crippen LogP contribution is -2.21. The maximum atomic E-state index is 7.99. The van der Waals surface area contributed by atoms with E-state index < -0.39 is 6.98 Å². The van der Waals surface area contributed by atoms with Gasteiger partial charge in [-0.05, 0) is 128 Å². The monoisotopic (exact) mass is 713 g/mol. The first kappa shape index (κ1) is 31.7. The number of anilines is 1. The van der Waals surface area contributed by atoms with Gasteiger partial charge in [-0.2, -0.15) is 0 Å². The molecule has 0 saturated heterocycles. The van der Waals surface area contributed by atoms with Crippen LogP contribution >= 0.6 is 0 Å². The van der Waals surface area contributed by atoms with Crippen molar-refractivity contribution in [3.05, 3.63) is 149 Å². The summed E-state index contributed by atoms with van der Waals surface area (Å²) in [4.78, 5) is 8.33. The number of fused-ring (bicyclic) bond motifs is 3. The highest BCUT2D eigenvalue weighted by atomic mass is 16.5. The van der Waals surface area contributed by atoms with Gasteiger partial charge >= 0.3 is 0 Å². The van der Waals surface area contributed by atoms with Gasteiger partial charge in [0.05, 0.1) is 17.7 Å². The van der Waals surface area contributed by atoms with Crippen molar-refractivity contribution >= 4 is 27.5 Å². The zero-order valence-electron chi connectivity index (χ0n) is 35.8. The van der Waals surface area contributed by atoms with E-state index in [2.05, 4.69) is 146 Å². The molecule has 5 aromatic carbocycles. The van der Waals surface area contributed by atoms with Crippen molar-refractivity contribution in [3.63, 3.8) is 0 Å². The highest BCUT2D eigenvalue weighted by Gasteiger charge is 2.22. The van der Waals surface area contributed by atoms with Gasteiger partial charge in [0.2, 0.25) is 0 Å². The molecule has 272 valence electrons. The van der Waals surface area contributed by atoms with Crippen LogP contribution in [0.15, 0.2) is 110 Å². The fourth-order valence-electron chi connectivity index (χ4n) is 8.47. The summed E-state index contributed by atoms with van der Waals surface area (Å²) in [6.07, 6.45) is 5.37. The second kappa shape index (κ2) is 13.2. The van der Waals surface area contributed by atoms with Crippen molar-refractivity contribution in [1.29, 1.82) is 0 Å². The van der Waals surface area contributed by atoms with Crippen LogP contribution in [0.3, 0.4) is 0 Å². The van der Waals surface area contributed by atoms with Gasteiger partial charge in [0.15, 0.2) is 0 Å². The van der Waals surface area contributed by atoms with Gasteiger partial charge in [0.1, 0.15) is 17.3 Å². The van der Waals surface area contributed by atoms with E-state index in [1.807, 2.05) is 29.4 Å². The predicted octanol–water partition coefficient (Wildman–Crippen LogP) is 12.6. The average molecular weight is 714 g/mol. The van der Waals surface area contributed by atoms with Crippen molar-refractivity contribution in [2.75, 3.05) is 18.5 Å². The third-order valence-electron chi connectivity index (χ3n) is 10.7. The maximum absolute atomic E-state index is 7.99. The van der Waals surface area contributed by atoms with Crippen LogP contribution in [0, 0.1) is 41.5 Å². The van der Waals surface area contributed by atoms with Crippen LogP contribution in [0.5, 0.6) is 11.5 Å². The third-order valence-corrected chi connectivity index (χ3v) is 10.7. The summed E-state index contributed by atoms with van der Waals surface area (Å²) in [5.74, 6) is 2.19. The summed E-state index contributed by atoms with van der Waals surface area (Å²) in [6, 6.07) is 32.4. The lowest BCUT2D eigenvalue weighted by Gasteiger charge is -2.21. The number of para-hydroxylation sites is 1. The van der Waals surface area contributed by atoms with Crippen LogP contribution < -0.4 is 9.64 Å². The van der Waals surface area contributed by atoms with Crippen LogP contribution in [0.1, 0.15) is 63.8 Å². The van der Waals surface area contributed by atoms with Gasteiger partial charge < -0.3 is 14.5 Å². The number of hydrogen-bond donors (Lipinski definition) is 0. The first-order valence-electron chi connectivity index (χ1n) is 20.2. The zero-order valence-corrected chi connectivity index (χ0v) is 32.8. The first-order chi connectivity index (χ1) is 27.0. The van der Waals surface area contributed by atoms with Gasteiger partial charge in [0, 0.05) is 63.8 Å². The lowest BCUT2D eigenvalue weighted by atomic mass is 9.88. The minimum absolute atomic E-state index is 0.0698. The minimum atomic E-state index is -2.24.